The molecule has 0 aliphatic carbocycles. The van der Waals surface area contributed by atoms with Crippen LogP contribution in [0.5, 0.6) is 0 Å². The maximum absolute atomic E-state index is 14.0. The molecule has 6 aromatic rings. The highest BCUT2D eigenvalue weighted by molar-refractivity contribution is 5.92. The van der Waals surface area contributed by atoms with E-state index in [0.29, 0.717) is 0 Å². The van der Waals surface area contributed by atoms with Gasteiger partial charge in [-0.3, -0.25) is 0 Å². The van der Waals surface area contributed by atoms with Crippen molar-refractivity contribution in [1.82, 2.24) is 0 Å². The molecule has 10 atom stereocenters. The monoisotopic (exact) mass is 966 g/mol. The summed E-state index contributed by atoms with van der Waals surface area (Å²) in [5.74, 6) is -5.55. The summed E-state index contributed by atoms with van der Waals surface area (Å²) in [4.78, 5) is 82.2. The topological polar surface area (TPSA) is 226 Å². The van der Waals surface area contributed by atoms with Crippen LogP contribution in [0.3, 0.4) is 0 Å². The Morgan fingerprint density at radius 3 is 1.01 bits per heavy atom. The van der Waals surface area contributed by atoms with Gasteiger partial charge >= 0.3 is 35.8 Å². The number of hydrogen-bond acceptors (Lipinski definition) is 17. The Hall–Kier alpha value is -8.06. The fraction of sp³-hybridized carbons (Fsp3) is 0.222. The first-order valence-electron chi connectivity index (χ1n) is 22.3. The number of benzene rings is 6. The van der Waals surface area contributed by atoms with E-state index < -0.39 is 110 Å². The first kappa shape index (κ1) is 49.4. The number of esters is 6. The highest BCUT2D eigenvalue weighted by Crippen LogP contribution is 2.35. The van der Waals surface area contributed by atoms with E-state index in [1.54, 1.807) is 109 Å². The number of aliphatic hydroxyl groups is 2. The van der Waals surface area contributed by atoms with Crippen molar-refractivity contribution >= 4 is 35.8 Å². The van der Waals surface area contributed by atoms with E-state index >= 15 is 0 Å². The van der Waals surface area contributed by atoms with Gasteiger partial charge in [0, 0.05) is 0 Å². The molecule has 0 spiro atoms. The maximum atomic E-state index is 14.0. The van der Waals surface area contributed by atoms with E-state index in [0.717, 1.165) is 0 Å². The lowest BCUT2D eigenvalue weighted by molar-refractivity contribution is -0.353. The Kier molecular flexibility index (Phi) is 16.3. The van der Waals surface area contributed by atoms with E-state index in [4.69, 9.17) is 42.6 Å². The van der Waals surface area contributed by atoms with Gasteiger partial charge in [-0.1, -0.05) is 109 Å². The molecule has 17 nitrogen and oxygen atoms in total. The zero-order valence-corrected chi connectivity index (χ0v) is 37.5. The first-order chi connectivity index (χ1) is 34.5. The summed E-state index contributed by atoms with van der Waals surface area (Å²) in [5, 5.41) is 24.2. The molecule has 2 aliphatic rings. The van der Waals surface area contributed by atoms with Crippen LogP contribution in [0, 0.1) is 0 Å². The molecule has 8 rings (SSSR count). The van der Waals surface area contributed by atoms with Gasteiger partial charge in [0.05, 0.1) is 33.4 Å². The SMILES string of the molecule is O=C(OCC1OC(OC2C(OC(=O)c3ccccc3)C(O)OC(COC(=O)c3ccccc3)C2OC(=O)c2ccccc2)C(OC(=O)c2ccccc2)C(O)C1OC(=O)c1ccccc1)c1ccccc1. The molecule has 10 unspecified atom stereocenters. The fourth-order valence-corrected chi connectivity index (χ4v) is 7.71. The third-order valence-electron chi connectivity index (χ3n) is 11.3. The third kappa shape index (κ3) is 12.4. The van der Waals surface area contributed by atoms with Crippen LogP contribution in [0.4, 0.5) is 0 Å². The predicted octanol–water partition coefficient (Wildman–Crippen LogP) is 5.79. The lowest BCUT2D eigenvalue weighted by atomic mass is 9.96. The Labute approximate surface area is 406 Å². The zero-order chi connectivity index (χ0) is 49.7. The highest BCUT2D eigenvalue weighted by Gasteiger charge is 2.57. The van der Waals surface area contributed by atoms with Crippen LogP contribution >= 0.6 is 0 Å². The highest BCUT2D eigenvalue weighted by atomic mass is 16.8. The van der Waals surface area contributed by atoms with Crippen molar-refractivity contribution in [3.63, 3.8) is 0 Å². The van der Waals surface area contributed by atoms with Crippen molar-refractivity contribution in [1.29, 1.82) is 0 Å². The minimum atomic E-state index is -2.11. The molecule has 2 N–H and O–H groups in total. The minimum Gasteiger partial charge on any atom is -0.459 e. The lowest BCUT2D eigenvalue weighted by Crippen LogP contribution is -2.66. The summed E-state index contributed by atoms with van der Waals surface area (Å²) < 4.78 is 54.1. The Morgan fingerprint density at radius 2 is 0.648 bits per heavy atom. The van der Waals surface area contributed by atoms with Gasteiger partial charge < -0.3 is 52.8 Å². The summed E-state index contributed by atoms with van der Waals surface area (Å²) in [5.41, 5.74) is 0.442. The Morgan fingerprint density at radius 1 is 0.352 bits per heavy atom. The molecular weight excluding hydrogens is 921 g/mol. The second-order valence-electron chi connectivity index (χ2n) is 16.1. The molecule has 6 aromatic carbocycles. The molecule has 2 fully saturated rings. The van der Waals surface area contributed by atoms with Gasteiger partial charge in [-0.25, -0.2) is 28.8 Å². The molecule has 2 saturated heterocycles. The lowest BCUT2D eigenvalue weighted by Gasteiger charge is -2.47. The van der Waals surface area contributed by atoms with Crippen LogP contribution in [0.1, 0.15) is 62.1 Å². The van der Waals surface area contributed by atoms with Gasteiger partial charge in [0.25, 0.3) is 0 Å². The second kappa shape index (κ2) is 23.5. The van der Waals surface area contributed by atoms with Crippen LogP contribution in [-0.2, 0) is 42.6 Å². The van der Waals surface area contributed by atoms with Crippen LogP contribution in [-0.4, -0.2) is 121 Å². The molecule has 0 amide bonds. The summed E-state index contributed by atoms with van der Waals surface area (Å²) in [6.45, 7) is -1.39. The largest absolute Gasteiger partial charge is 0.459 e. The average molecular weight is 967 g/mol. The number of aliphatic hydroxyl groups excluding tert-OH is 2. The number of rotatable bonds is 16. The molecule has 0 radical (unpaired) electrons. The summed E-state index contributed by atoms with van der Waals surface area (Å²) in [6.07, 6.45) is -18.7. The summed E-state index contributed by atoms with van der Waals surface area (Å²) in [7, 11) is 0. The van der Waals surface area contributed by atoms with Gasteiger partial charge in [-0.05, 0) is 72.8 Å². The molecule has 0 bridgehead atoms. The number of carbonyl (C=O) groups is 6. The van der Waals surface area contributed by atoms with E-state index in [1.165, 1.54) is 72.8 Å². The quantitative estimate of drug-likeness (QED) is 0.0864. The van der Waals surface area contributed by atoms with Crippen LogP contribution < -0.4 is 0 Å². The van der Waals surface area contributed by atoms with Crippen LogP contribution in [0.15, 0.2) is 182 Å². The zero-order valence-electron chi connectivity index (χ0n) is 37.5. The number of hydrogen-bond donors (Lipinski definition) is 2. The molecule has 2 heterocycles. The standard InChI is InChI=1S/C54H46O17/c55-41-42(67-49(58)35-23-11-3-12-24-35)39(31-63-47(56)33-19-7-1-8-20-33)66-54(44(41)69-51(60)37-27-15-5-16-28-37)71-45-43(68-50(59)36-25-13-4-14-26-36)40(32-64-48(57)34-21-9-2-10-22-34)65-53(62)46(45)70-52(61)38-29-17-6-18-30-38/h1-30,39-46,53-55,62H,31-32H2. The number of carbonyl (C=O) groups excluding carboxylic acids is 6. The molecule has 0 saturated carbocycles. The van der Waals surface area contributed by atoms with Crippen LogP contribution in [0.25, 0.3) is 0 Å². The van der Waals surface area contributed by atoms with Gasteiger partial charge in [0.15, 0.2) is 37.0 Å². The van der Waals surface area contributed by atoms with E-state index in [1.807, 2.05) is 0 Å². The van der Waals surface area contributed by atoms with Crippen molar-refractivity contribution < 1.29 is 81.6 Å². The Balaban J connectivity index is 1.20. The van der Waals surface area contributed by atoms with E-state index in [-0.39, 0.29) is 33.4 Å². The van der Waals surface area contributed by atoms with Crippen molar-refractivity contribution in [3.8, 4) is 0 Å². The van der Waals surface area contributed by atoms with Crippen molar-refractivity contribution in [2.24, 2.45) is 0 Å². The van der Waals surface area contributed by atoms with Gasteiger partial charge in [0.1, 0.15) is 37.6 Å². The summed E-state index contributed by atoms with van der Waals surface area (Å²) >= 11 is 0. The molecule has 364 valence electrons. The van der Waals surface area contributed by atoms with Crippen LogP contribution in [0.2, 0.25) is 0 Å². The molecule has 2 aliphatic heterocycles. The predicted molar refractivity (Wildman–Crippen MR) is 246 cm³/mol. The van der Waals surface area contributed by atoms with Crippen molar-refractivity contribution in [2.75, 3.05) is 13.2 Å². The smallest absolute Gasteiger partial charge is 0.338 e. The summed E-state index contributed by atoms with van der Waals surface area (Å²) in [6, 6.07) is 46.6. The Bertz CT molecular complexity index is 2730. The third-order valence-corrected chi connectivity index (χ3v) is 11.3. The molecular formula is C54H46O17. The molecule has 0 aromatic heterocycles. The van der Waals surface area contributed by atoms with Gasteiger partial charge in [0.2, 0.25) is 0 Å². The molecule has 71 heavy (non-hydrogen) atoms. The van der Waals surface area contributed by atoms with Gasteiger partial charge in [-0.2, -0.15) is 0 Å². The minimum absolute atomic E-state index is 0.0151. The van der Waals surface area contributed by atoms with Crippen molar-refractivity contribution in [3.05, 3.63) is 215 Å². The van der Waals surface area contributed by atoms with E-state index in [2.05, 4.69) is 0 Å². The van der Waals surface area contributed by atoms with E-state index in [9.17, 15) is 39.0 Å². The molecule has 17 heteroatoms. The fourth-order valence-electron chi connectivity index (χ4n) is 7.71. The first-order valence-corrected chi connectivity index (χ1v) is 22.3. The second-order valence-corrected chi connectivity index (χ2v) is 16.1. The normalized spacial score (nSPS) is 23.7. The van der Waals surface area contributed by atoms with Crippen molar-refractivity contribution in [2.45, 2.75) is 61.4 Å². The number of ether oxygens (including phenoxy) is 9. The average Bonchev–Trinajstić information content (AvgIpc) is 3.42. The van der Waals surface area contributed by atoms with Gasteiger partial charge in [-0.15, -0.1) is 0 Å². The maximum Gasteiger partial charge on any atom is 0.338 e.